The lowest BCUT2D eigenvalue weighted by Gasteiger charge is -2.20. The summed E-state index contributed by atoms with van der Waals surface area (Å²) in [5.74, 6) is -1.21. The van der Waals surface area contributed by atoms with Crippen LogP contribution in [0, 0.1) is 6.92 Å². The first-order chi connectivity index (χ1) is 12.4. The monoisotopic (exact) mass is 394 g/mol. The van der Waals surface area contributed by atoms with Crippen LogP contribution in [-0.4, -0.2) is 44.4 Å². The van der Waals surface area contributed by atoms with Gasteiger partial charge in [0.15, 0.2) is 5.82 Å². The van der Waals surface area contributed by atoms with E-state index in [2.05, 4.69) is 19.9 Å². The number of anilines is 2. The van der Waals surface area contributed by atoms with Crippen molar-refractivity contribution in [3.05, 3.63) is 23.9 Å². The van der Waals surface area contributed by atoms with Gasteiger partial charge in [-0.25, -0.2) is 4.98 Å². The Bertz CT molecular complexity index is 751. The number of hydrogen-bond acceptors (Lipinski definition) is 6. The first-order valence-corrected chi connectivity index (χ1v) is 7.73. The van der Waals surface area contributed by atoms with E-state index < -0.39 is 36.3 Å². The quantitative estimate of drug-likeness (QED) is 0.748. The normalized spacial score (nSPS) is 14.6. The molecule has 2 heterocycles. The van der Waals surface area contributed by atoms with Crippen LogP contribution in [0.2, 0.25) is 0 Å². The Morgan fingerprint density at radius 3 is 1.67 bits per heavy atom. The number of rotatable bonds is 5. The molecular formula is C15H16F6N6. The highest BCUT2D eigenvalue weighted by molar-refractivity contribution is 5.54. The van der Waals surface area contributed by atoms with Crippen LogP contribution in [0.15, 0.2) is 18.2 Å². The molecule has 27 heavy (non-hydrogen) atoms. The maximum absolute atomic E-state index is 12.8. The van der Waals surface area contributed by atoms with Gasteiger partial charge in [0.2, 0.25) is 11.9 Å². The smallest absolute Gasteiger partial charge is 0.343 e. The van der Waals surface area contributed by atoms with E-state index in [1.165, 1.54) is 6.07 Å². The highest BCUT2D eigenvalue weighted by Crippen LogP contribution is 2.25. The standard InChI is InChI=1S/C15H16F6N6/c1-7-5-4-6-10(22-7)11-25-12(23-8(2)14(16,17)18)27-13(26-11)24-9(3)15(19,20)21/h4-6,8-9H,1-3H3,(H2,23,24,25,26,27)/t8-,9-/m1/s1. The number of pyridine rings is 1. The number of nitrogens with zero attached hydrogens (tertiary/aromatic N) is 4. The van der Waals surface area contributed by atoms with Gasteiger partial charge in [0, 0.05) is 5.69 Å². The van der Waals surface area contributed by atoms with Gasteiger partial charge in [-0.3, -0.25) is 0 Å². The molecule has 0 aliphatic rings. The molecule has 0 amide bonds. The van der Waals surface area contributed by atoms with Gasteiger partial charge in [0.05, 0.1) is 0 Å². The van der Waals surface area contributed by atoms with Gasteiger partial charge in [0.1, 0.15) is 17.8 Å². The highest BCUT2D eigenvalue weighted by Gasteiger charge is 2.38. The van der Waals surface area contributed by atoms with Crippen LogP contribution in [0.4, 0.5) is 38.2 Å². The minimum absolute atomic E-state index is 0.164. The van der Waals surface area contributed by atoms with Crippen molar-refractivity contribution in [2.24, 2.45) is 0 Å². The van der Waals surface area contributed by atoms with Crippen LogP contribution in [0.1, 0.15) is 19.5 Å². The summed E-state index contributed by atoms with van der Waals surface area (Å²) >= 11 is 0. The summed E-state index contributed by atoms with van der Waals surface area (Å²) in [7, 11) is 0. The number of hydrogen-bond donors (Lipinski definition) is 2. The molecule has 0 fully saturated rings. The van der Waals surface area contributed by atoms with Crippen LogP contribution in [0.3, 0.4) is 0 Å². The fourth-order valence-corrected chi connectivity index (χ4v) is 1.84. The molecule has 0 unspecified atom stereocenters. The largest absolute Gasteiger partial charge is 0.408 e. The van der Waals surface area contributed by atoms with Crippen molar-refractivity contribution in [2.75, 3.05) is 10.6 Å². The summed E-state index contributed by atoms with van der Waals surface area (Å²) in [5, 5.41) is 4.05. The third kappa shape index (κ3) is 5.66. The molecule has 0 saturated carbocycles. The van der Waals surface area contributed by atoms with Gasteiger partial charge in [-0.2, -0.15) is 41.3 Å². The Morgan fingerprint density at radius 2 is 1.26 bits per heavy atom. The Labute approximate surface area is 150 Å². The molecule has 0 aliphatic carbocycles. The molecule has 148 valence electrons. The molecule has 2 rings (SSSR count). The molecule has 2 aromatic rings. The van der Waals surface area contributed by atoms with E-state index in [1.807, 2.05) is 10.6 Å². The van der Waals surface area contributed by atoms with Gasteiger partial charge < -0.3 is 10.6 Å². The first kappa shape index (κ1) is 20.6. The number of aryl methyl sites for hydroxylation is 1. The van der Waals surface area contributed by atoms with Gasteiger partial charge in [-0.1, -0.05) is 6.07 Å². The fourth-order valence-electron chi connectivity index (χ4n) is 1.84. The van der Waals surface area contributed by atoms with Gasteiger partial charge in [-0.15, -0.1) is 0 Å². The lowest BCUT2D eigenvalue weighted by Crippen LogP contribution is -2.35. The van der Waals surface area contributed by atoms with Crippen LogP contribution >= 0.6 is 0 Å². The Hall–Kier alpha value is -2.66. The Balaban J connectivity index is 2.44. The van der Waals surface area contributed by atoms with Crippen LogP contribution in [0.5, 0.6) is 0 Å². The molecule has 0 radical (unpaired) electrons. The van der Waals surface area contributed by atoms with E-state index in [-0.39, 0.29) is 11.5 Å². The van der Waals surface area contributed by atoms with Crippen molar-refractivity contribution in [1.29, 1.82) is 0 Å². The van der Waals surface area contributed by atoms with Crippen molar-refractivity contribution in [3.8, 4) is 11.5 Å². The van der Waals surface area contributed by atoms with Crippen molar-refractivity contribution in [2.45, 2.75) is 45.2 Å². The van der Waals surface area contributed by atoms with Crippen molar-refractivity contribution in [3.63, 3.8) is 0 Å². The van der Waals surface area contributed by atoms with Gasteiger partial charge in [-0.05, 0) is 32.9 Å². The van der Waals surface area contributed by atoms with E-state index in [4.69, 9.17) is 0 Å². The minimum atomic E-state index is -4.60. The van der Waals surface area contributed by atoms with Crippen LogP contribution < -0.4 is 10.6 Å². The van der Waals surface area contributed by atoms with E-state index in [9.17, 15) is 26.3 Å². The molecule has 2 N–H and O–H groups in total. The van der Waals surface area contributed by atoms with Gasteiger partial charge >= 0.3 is 12.4 Å². The lowest BCUT2D eigenvalue weighted by atomic mass is 10.3. The molecule has 2 aromatic heterocycles. The summed E-state index contributed by atoms with van der Waals surface area (Å²) in [4.78, 5) is 15.4. The number of halogens is 6. The first-order valence-electron chi connectivity index (χ1n) is 7.73. The lowest BCUT2D eigenvalue weighted by molar-refractivity contribution is -0.139. The third-order valence-electron chi connectivity index (χ3n) is 3.43. The highest BCUT2D eigenvalue weighted by atomic mass is 19.4. The molecule has 2 atom stereocenters. The molecular weight excluding hydrogens is 378 g/mol. The topological polar surface area (TPSA) is 75.6 Å². The van der Waals surface area contributed by atoms with E-state index >= 15 is 0 Å². The summed E-state index contributed by atoms with van der Waals surface area (Å²) < 4.78 is 76.6. The second kappa shape index (κ2) is 7.53. The predicted octanol–water partition coefficient (Wildman–Crippen LogP) is 3.97. The molecule has 0 aromatic carbocycles. The van der Waals surface area contributed by atoms with Gasteiger partial charge in [0.25, 0.3) is 0 Å². The average molecular weight is 394 g/mol. The summed E-state index contributed by atoms with van der Waals surface area (Å²) in [6, 6.07) is 0.715. The maximum Gasteiger partial charge on any atom is 0.408 e. The molecule has 0 spiro atoms. The number of aromatic nitrogens is 4. The van der Waals surface area contributed by atoms with Crippen molar-refractivity contribution < 1.29 is 26.3 Å². The molecule has 0 aliphatic heterocycles. The SMILES string of the molecule is Cc1cccc(-c2nc(N[C@H](C)C(F)(F)F)nc(N[C@H](C)C(F)(F)F)n2)n1. The predicted molar refractivity (Wildman–Crippen MR) is 86.1 cm³/mol. The summed E-state index contributed by atoms with van der Waals surface area (Å²) in [6.07, 6.45) is -9.19. The Kier molecular flexibility index (Phi) is 5.76. The van der Waals surface area contributed by atoms with Crippen molar-refractivity contribution >= 4 is 11.9 Å². The van der Waals surface area contributed by atoms with Crippen LogP contribution in [0.25, 0.3) is 11.5 Å². The number of alkyl halides is 6. The zero-order chi connectivity index (χ0) is 20.4. The van der Waals surface area contributed by atoms with E-state index in [0.717, 1.165) is 13.8 Å². The molecule has 0 saturated heterocycles. The Morgan fingerprint density at radius 1 is 0.778 bits per heavy atom. The third-order valence-corrected chi connectivity index (χ3v) is 3.43. The fraction of sp³-hybridized carbons (Fsp3) is 0.467. The van der Waals surface area contributed by atoms with E-state index in [0.29, 0.717) is 5.69 Å². The zero-order valence-electron chi connectivity index (χ0n) is 14.4. The second-order valence-corrected chi connectivity index (χ2v) is 5.79. The number of nitrogens with one attached hydrogen (secondary N) is 2. The zero-order valence-corrected chi connectivity index (χ0v) is 14.4. The average Bonchev–Trinajstić information content (AvgIpc) is 2.52. The van der Waals surface area contributed by atoms with Crippen LogP contribution in [-0.2, 0) is 0 Å². The molecule has 0 bridgehead atoms. The van der Waals surface area contributed by atoms with Crippen molar-refractivity contribution in [1.82, 2.24) is 19.9 Å². The summed E-state index contributed by atoms with van der Waals surface area (Å²) in [5.41, 5.74) is 0.757. The van der Waals surface area contributed by atoms with E-state index in [1.54, 1.807) is 19.1 Å². The second-order valence-electron chi connectivity index (χ2n) is 5.79. The molecule has 6 nitrogen and oxygen atoms in total. The maximum atomic E-state index is 12.8. The minimum Gasteiger partial charge on any atom is -0.343 e. The summed E-state index contributed by atoms with van der Waals surface area (Å²) in [6.45, 7) is 3.33. The molecule has 12 heteroatoms.